The van der Waals surface area contributed by atoms with E-state index in [9.17, 15) is 9.59 Å². The number of Topliss-reactive ketones (excluding diaryl/α,β-unsaturated/α-hetero) is 1. The van der Waals surface area contributed by atoms with Crippen molar-refractivity contribution in [1.29, 1.82) is 0 Å². The zero-order chi connectivity index (χ0) is 18.3. The van der Waals surface area contributed by atoms with Gasteiger partial charge in [0.2, 0.25) is 0 Å². The highest BCUT2D eigenvalue weighted by Gasteiger charge is 2.27. The van der Waals surface area contributed by atoms with Crippen LogP contribution < -0.4 is 0 Å². The van der Waals surface area contributed by atoms with Crippen LogP contribution in [-0.2, 0) is 18.2 Å². The first-order valence-electron chi connectivity index (χ1n) is 8.31. The molecule has 2 aromatic rings. The van der Waals surface area contributed by atoms with Gasteiger partial charge in [0.1, 0.15) is 0 Å². The van der Waals surface area contributed by atoms with Crippen molar-refractivity contribution in [3.63, 3.8) is 0 Å². The van der Waals surface area contributed by atoms with E-state index in [1.54, 1.807) is 11.7 Å². The summed E-state index contributed by atoms with van der Waals surface area (Å²) in [6, 6.07) is 4.06. The van der Waals surface area contributed by atoms with Gasteiger partial charge in [-0.2, -0.15) is 5.10 Å². The van der Waals surface area contributed by atoms with Crippen molar-refractivity contribution in [2.24, 2.45) is 7.05 Å². The number of carbonyl (C=O) groups excluding carboxylic acids is 2. The second kappa shape index (κ2) is 6.31. The number of aromatic nitrogens is 2. The largest absolute Gasteiger partial charge is 0.464 e. The summed E-state index contributed by atoms with van der Waals surface area (Å²) < 4.78 is 6.46. The third-order valence-corrected chi connectivity index (χ3v) is 5.00. The third-order valence-electron chi connectivity index (χ3n) is 5.00. The highest BCUT2D eigenvalue weighted by atomic mass is 16.5. The molecule has 3 rings (SSSR count). The Morgan fingerprint density at radius 1 is 1.20 bits per heavy atom. The van der Waals surface area contributed by atoms with E-state index in [2.05, 4.69) is 11.2 Å². The van der Waals surface area contributed by atoms with E-state index in [-0.39, 0.29) is 11.5 Å². The third kappa shape index (κ3) is 2.80. The maximum atomic E-state index is 13.1. The summed E-state index contributed by atoms with van der Waals surface area (Å²) >= 11 is 0. The Morgan fingerprint density at radius 3 is 2.56 bits per heavy atom. The Morgan fingerprint density at radius 2 is 1.88 bits per heavy atom. The molecular weight excluding hydrogens is 316 g/mol. The predicted molar refractivity (Wildman–Crippen MR) is 95.8 cm³/mol. The Bertz CT molecular complexity index is 920. The summed E-state index contributed by atoms with van der Waals surface area (Å²) in [5.74, 6) is -0.451. The van der Waals surface area contributed by atoms with Gasteiger partial charge >= 0.3 is 5.97 Å². The topological polar surface area (TPSA) is 61.2 Å². The standard InChI is InChI=1S/C20H22N2O3/c1-11-6-7-12(2)17-15(11)9-8-14(19(17)23)10-16-13(3)22(4)21-18(16)20(24)25-5/h6-7,10H,8-9H2,1-5H3/b14-10+. The average Bonchev–Trinajstić information content (AvgIpc) is 2.87. The van der Waals surface area contributed by atoms with Crippen LogP contribution in [0.3, 0.4) is 0 Å². The molecule has 5 heteroatoms. The minimum Gasteiger partial charge on any atom is -0.464 e. The molecule has 0 saturated carbocycles. The molecule has 0 N–H and O–H groups in total. The van der Waals surface area contributed by atoms with Crippen LogP contribution in [0.4, 0.5) is 0 Å². The normalized spacial score (nSPS) is 15.4. The lowest BCUT2D eigenvalue weighted by Crippen LogP contribution is -2.17. The summed E-state index contributed by atoms with van der Waals surface area (Å²) in [5.41, 5.74) is 6.53. The Kier molecular flexibility index (Phi) is 4.33. The van der Waals surface area contributed by atoms with Crippen molar-refractivity contribution >= 4 is 17.8 Å². The highest BCUT2D eigenvalue weighted by Crippen LogP contribution is 2.32. The lowest BCUT2D eigenvalue weighted by molar-refractivity contribution is 0.0592. The smallest absolute Gasteiger partial charge is 0.359 e. The summed E-state index contributed by atoms with van der Waals surface area (Å²) in [4.78, 5) is 25.1. The molecule has 0 radical (unpaired) electrons. The number of ether oxygens (including phenoxy) is 1. The predicted octanol–water partition coefficient (Wildman–Crippen LogP) is 3.34. The molecule has 25 heavy (non-hydrogen) atoms. The molecule has 1 aliphatic carbocycles. The zero-order valence-corrected chi connectivity index (χ0v) is 15.3. The maximum absolute atomic E-state index is 13.1. The number of esters is 1. The highest BCUT2D eigenvalue weighted by molar-refractivity contribution is 6.14. The fourth-order valence-electron chi connectivity index (χ4n) is 3.40. The van der Waals surface area contributed by atoms with Crippen LogP contribution in [-0.4, -0.2) is 28.6 Å². The van der Waals surface area contributed by atoms with Crippen molar-refractivity contribution in [3.05, 3.63) is 56.9 Å². The fraction of sp³-hybridized carbons (Fsp3) is 0.350. The molecule has 1 aromatic carbocycles. The lowest BCUT2D eigenvalue weighted by atomic mass is 9.81. The van der Waals surface area contributed by atoms with E-state index in [4.69, 9.17) is 4.74 Å². The second-order valence-electron chi connectivity index (χ2n) is 6.51. The van der Waals surface area contributed by atoms with E-state index in [1.807, 2.05) is 32.9 Å². The van der Waals surface area contributed by atoms with Crippen LogP contribution in [0.25, 0.3) is 6.08 Å². The van der Waals surface area contributed by atoms with Gasteiger partial charge in [0.15, 0.2) is 11.5 Å². The summed E-state index contributed by atoms with van der Waals surface area (Å²) in [7, 11) is 3.10. The quantitative estimate of drug-likeness (QED) is 0.622. The molecule has 0 atom stereocenters. The summed E-state index contributed by atoms with van der Waals surface area (Å²) in [6.07, 6.45) is 3.29. The number of methoxy groups -OCH3 is 1. The van der Waals surface area contributed by atoms with E-state index in [1.165, 1.54) is 7.11 Å². The summed E-state index contributed by atoms with van der Waals surface area (Å²) in [6.45, 7) is 5.89. The SMILES string of the molecule is COC(=O)c1nn(C)c(C)c1/C=C1\CCc2c(C)ccc(C)c2C1=O. The maximum Gasteiger partial charge on any atom is 0.359 e. The number of benzene rings is 1. The van der Waals surface area contributed by atoms with Crippen molar-refractivity contribution in [1.82, 2.24) is 9.78 Å². The Hall–Kier alpha value is -2.69. The van der Waals surface area contributed by atoms with Crippen molar-refractivity contribution in [3.8, 4) is 0 Å². The van der Waals surface area contributed by atoms with Gasteiger partial charge in [-0.3, -0.25) is 9.48 Å². The Labute approximate surface area is 147 Å². The molecule has 5 nitrogen and oxygen atoms in total. The zero-order valence-electron chi connectivity index (χ0n) is 15.3. The van der Waals surface area contributed by atoms with Crippen LogP contribution in [0.2, 0.25) is 0 Å². The molecule has 0 amide bonds. The van der Waals surface area contributed by atoms with Gasteiger partial charge in [-0.25, -0.2) is 4.79 Å². The van der Waals surface area contributed by atoms with Gasteiger partial charge in [-0.15, -0.1) is 0 Å². The fourth-order valence-corrected chi connectivity index (χ4v) is 3.40. The van der Waals surface area contributed by atoms with Crippen LogP contribution in [0.1, 0.15) is 55.2 Å². The van der Waals surface area contributed by atoms with E-state index < -0.39 is 5.97 Å². The molecule has 1 aliphatic rings. The number of hydrogen-bond donors (Lipinski definition) is 0. The second-order valence-corrected chi connectivity index (χ2v) is 6.51. The van der Waals surface area contributed by atoms with Gasteiger partial charge in [0.25, 0.3) is 0 Å². The molecule has 0 unspecified atom stereocenters. The molecule has 0 aliphatic heterocycles. The number of ketones is 1. The number of aryl methyl sites for hydroxylation is 3. The van der Waals surface area contributed by atoms with Crippen LogP contribution in [0, 0.1) is 20.8 Å². The number of carbonyl (C=O) groups is 2. The molecule has 1 heterocycles. The van der Waals surface area contributed by atoms with Crippen LogP contribution in [0.15, 0.2) is 17.7 Å². The molecular formula is C20H22N2O3. The Balaban J connectivity index is 2.12. The first-order chi connectivity index (χ1) is 11.8. The average molecular weight is 338 g/mol. The van der Waals surface area contributed by atoms with Gasteiger partial charge in [0, 0.05) is 29.4 Å². The molecule has 0 saturated heterocycles. The number of rotatable bonds is 2. The summed E-state index contributed by atoms with van der Waals surface area (Å²) in [5, 5.41) is 4.23. The molecule has 0 spiro atoms. The van der Waals surface area contributed by atoms with E-state index >= 15 is 0 Å². The number of nitrogens with zero attached hydrogens (tertiary/aromatic N) is 2. The van der Waals surface area contributed by atoms with Crippen LogP contribution >= 0.6 is 0 Å². The lowest BCUT2D eigenvalue weighted by Gasteiger charge is -2.21. The number of allylic oxidation sites excluding steroid dienone is 1. The molecule has 0 fully saturated rings. The molecule has 130 valence electrons. The number of fused-ring (bicyclic) bond motifs is 1. The van der Waals surface area contributed by atoms with Gasteiger partial charge in [-0.1, -0.05) is 12.1 Å². The van der Waals surface area contributed by atoms with Gasteiger partial charge in [0.05, 0.1) is 7.11 Å². The first kappa shape index (κ1) is 17.1. The van der Waals surface area contributed by atoms with Crippen molar-refractivity contribution in [2.45, 2.75) is 33.6 Å². The first-order valence-corrected chi connectivity index (χ1v) is 8.31. The minimum atomic E-state index is -0.494. The number of hydrogen-bond acceptors (Lipinski definition) is 4. The molecule has 0 bridgehead atoms. The van der Waals surface area contributed by atoms with Crippen molar-refractivity contribution in [2.75, 3.05) is 7.11 Å². The molecule has 1 aromatic heterocycles. The van der Waals surface area contributed by atoms with Gasteiger partial charge in [-0.05, 0) is 56.4 Å². The monoisotopic (exact) mass is 338 g/mol. The van der Waals surface area contributed by atoms with E-state index in [0.717, 1.165) is 34.4 Å². The van der Waals surface area contributed by atoms with Gasteiger partial charge < -0.3 is 4.74 Å². The van der Waals surface area contributed by atoms with E-state index in [0.29, 0.717) is 17.6 Å². The van der Waals surface area contributed by atoms with Crippen LogP contribution in [0.5, 0.6) is 0 Å². The minimum absolute atomic E-state index is 0.0431. The van der Waals surface area contributed by atoms with Crippen molar-refractivity contribution < 1.29 is 14.3 Å².